The molecule has 2 atom stereocenters. The highest BCUT2D eigenvalue weighted by Crippen LogP contribution is 2.34. The minimum Gasteiger partial charge on any atom is -0.480 e. The first-order valence-corrected chi connectivity index (χ1v) is 8.24. The summed E-state index contributed by atoms with van der Waals surface area (Å²) in [6.07, 6.45) is 7.06. The lowest BCUT2D eigenvalue weighted by Crippen LogP contribution is -2.44. The smallest absolute Gasteiger partial charge is 0.326 e. The molecule has 2 N–H and O–H groups in total. The molecule has 0 bridgehead atoms. The molecular formula is C16H27NO4. The van der Waals surface area contributed by atoms with Gasteiger partial charge in [-0.15, -0.1) is 0 Å². The number of hydrogen-bond donors (Lipinski definition) is 2. The standard InChI is InChI=1S/C16H27NO4/c1-2-3-4-11-5-7-12(8-6-11)15(19)17-10-13(18)9-14(17)16(20)21/h11-14,18H,2-10H2,1H3,(H,20,21)/t11?,12?,13-,14+/m1/s1. The maximum Gasteiger partial charge on any atom is 0.326 e. The Balaban J connectivity index is 1.88. The number of likely N-dealkylation sites (tertiary alicyclic amines) is 1. The topological polar surface area (TPSA) is 77.8 Å². The molecule has 5 heteroatoms. The van der Waals surface area contributed by atoms with Crippen LogP contribution in [-0.4, -0.2) is 45.7 Å². The molecule has 0 radical (unpaired) electrons. The van der Waals surface area contributed by atoms with Crippen molar-refractivity contribution in [3.63, 3.8) is 0 Å². The number of carboxylic acid groups (broad SMARTS) is 1. The van der Waals surface area contributed by atoms with Crippen molar-refractivity contribution in [2.45, 2.75) is 70.4 Å². The van der Waals surface area contributed by atoms with Gasteiger partial charge < -0.3 is 15.1 Å². The van der Waals surface area contributed by atoms with Crippen LogP contribution in [0.25, 0.3) is 0 Å². The minimum absolute atomic E-state index is 0.0463. The summed E-state index contributed by atoms with van der Waals surface area (Å²) in [5.74, 6) is -0.382. The van der Waals surface area contributed by atoms with Crippen LogP contribution in [0.4, 0.5) is 0 Å². The van der Waals surface area contributed by atoms with E-state index in [1.807, 2.05) is 0 Å². The Morgan fingerprint density at radius 2 is 1.86 bits per heavy atom. The quantitative estimate of drug-likeness (QED) is 0.814. The molecular weight excluding hydrogens is 270 g/mol. The largest absolute Gasteiger partial charge is 0.480 e. The zero-order valence-electron chi connectivity index (χ0n) is 12.8. The molecule has 0 aromatic carbocycles. The third kappa shape index (κ3) is 3.96. The van der Waals surface area contributed by atoms with Crippen LogP contribution in [0.5, 0.6) is 0 Å². The van der Waals surface area contributed by atoms with Gasteiger partial charge in [0.2, 0.25) is 5.91 Å². The molecule has 0 spiro atoms. The highest BCUT2D eigenvalue weighted by Gasteiger charge is 2.41. The number of nitrogens with zero attached hydrogens (tertiary/aromatic N) is 1. The van der Waals surface area contributed by atoms with E-state index in [9.17, 15) is 19.8 Å². The first-order chi connectivity index (χ1) is 10.0. The van der Waals surface area contributed by atoms with E-state index < -0.39 is 18.1 Å². The summed E-state index contributed by atoms with van der Waals surface area (Å²) < 4.78 is 0. The van der Waals surface area contributed by atoms with Crippen molar-refractivity contribution in [2.75, 3.05) is 6.54 Å². The fourth-order valence-electron chi connectivity index (χ4n) is 3.72. The van der Waals surface area contributed by atoms with E-state index in [-0.39, 0.29) is 24.8 Å². The number of aliphatic hydroxyl groups excluding tert-OH is 1. The maximum absolute atomic E-state index is 12.5. The number of aliphatic carboxylic acids is 1. The Labute approximate surface area is 126 Å². The van der Waals surface area contributed by atoms with E-state index in [1.54, 1.807) is 0 Å². The first kappa shape index (κ1) is 16.3. The lowest BCUT2D eigenvalue weighted by atomic mass is 9.79. The molecule has 0 aromatic heterocycles. The molecule has 1 heterocycles. The van der Waals surface area contributed by atoms with Crippen molar-refractivity contribution in [3.05, 3.63) is 0 Å². The van der Waals surface area contributed by atoms with Gasteiger partial charge in [-0.2, -0.15) is 0 Å². The van der Waals surface area contributed by atoms with E-state index in [4.69, 9.17) is 0 Å². The Morgan fingerprint density at radius 3 is 2.43 bits per heavy atom. The normalized spacial score (nSPS) is 33.1. The summed E-state index contributed by atoms with van der Waals surface area (Å²) in [5.41, 5.74) is 0. The molecule has 1 aliphatic heterocycles. The van der Waals surface area contributed by atoms with Gasteiger partial charge in [0.1, 0.15) is 6.04 Å². The van der Waals surface area contributed by atoms with Gasteiger partial charge in [0.25, 0.3) is 0 Å². The lowest BCUT2D eigenvalue weighted by Gasteiger charge is -2.32. The number of unbranched alkanes of at least 4 members (excludes halogenated alkanes) is 1. The van der Waals surface area contributed by atoms with Crippen LogP contribution in [-0.2, 0) is 9.59 Å². The molecule has 1 aliphatic carbocycles. The Kier molecular flexibility index (Phi) is 5.62. The van der Waals surface area contributed by atoms with Gasteiger partial charge in [-0.25, -0.2) is 4.79 Å². The predicted octanol–water partition coefficient (Wildman–Crippen LogP) is 2.03. The zero-order valence-corrected chi connectivity index (χ0v) is 12.8. The number of carbonyl (C=O) groups is 2. The van der Waals surface area contributed by atoms with E-state index >= 15 is 0 Å². The SMILES string of the molecule is CCCCC1CCC(C(=O)N2C[C@H](O)C[C@H]2C(=O)O)CC1. The van der Waals surface area contributed by atoms with Crippen molar-refractivity contribution >= 4 is 11.9 Å². The molecule has 0 aromatic rings. The monoisotopic (exact) mass is 297 g/mol. The highest BCUT2D eigenvalue weighted by molar-refractivity contribution is 5.85. The van der Waals surface area contributed by atoms with Crippen LogP contribution in [0.3, 0.4) is 0 Å². The minimum atomic E-state index is -1.00. The summed E-state index contributed by atoms with van der Waals surface area (Å²) in [7, 11) is 0. The molecule has 2 fully saturated rings. The first-order valence-electron chi connectivity index (χ1n) is 8.24. The number of carboxylic acids is 1. The van der Waals surface area contributed by atoms with Crippen molar-refractivity contribution in [2.24, 2.45) is 11.8 Å². The third-order valence-electron chi connectivity index (χ3n) is 5.01. The fraction of sp³-hybridized carbons (Fsp3) is 0.875. The third-order valence-corrected chi connectivity index (χ3v) is 5.01. The molecule has 21 heavy (non-hydrogen) atoms. The molecule has 120 valence electrons. The molecule has 1 amide bonds. The Bertz CT molecular complexity index is 376. The van der Waals surface area contributed by atoms with Crippen LogP contribution < -0.4 is 0 Å². The number of aliphatic hydroxyl groups is 1. The van der Waals surface area contributed by atoms with E-state index in [2.05, 4.69) is 6.92 Å². The average Bonchev–Trinajstić information content (AvgIpc) is 2.87. The van der Waals surface area contributed by atoms with Gasteiger partial charge in [0.05, 0.1) is 6.10 Å². The van der Waals surface area contributed by atoms with Gasteiger partial charge in [-0.3, -0.25) is 4.79 Å². The molecule has 0 unspecified atom stereocenters. The summed E-state index contributed by atoms with van der Waals surface area (Å²) in [4.78, 5) is 25.1. The second kappa shape index (κ2) is 7.25. The van der Waals surface area contributed by atoms with Crippen LogP contribution in [0.1, 0.15) is 58.3 Å². The van der Waals surface area contributed by atoms with E-state index in [0.29, 0.717) is 0 Å². The van der Waals surface area contributed by atoms with Gasteiger partial charge in [0.15, 0.2) is 0 Å². The number of β-amino-alcohol motifs (C(OH)–C–C–N with tert-alkyl or cyclic N) is 1. The van der Waals surface area contributed by atoms with Crippen molar-refractivity contribution < 1.29 is 19.8 Å². The van der Waals surface area contributed by atoms with Crippen LogP contribution in [0, 0.1) is 11.8 Å². The number of amides is 1. The molecule has 5 nitrogen and oxygen atoms in total. The average molecular weight is 297 g/mol. The summed E-state index contributed by atoms with van der Waals surface area (Å²) in [5, 5.41) is 18.8. The van der Waals surface area contributed by atoms with Gasteiger partial charge in [-0.05, 0) is 31.6 Å². The van der Waals surface area contributed by atoms with E-state index in [1.165, 1.54) is 24.2 Å². The van der Waals surface area contributed by atoms with Crippen molar-refractivity contribution in [3.8, 4) is 0 Å². The highest BCUT2D eigenvalue weighted by atomic mass is 16.4. The summed E-state index contributed by atoms with van der Waals surface area (Å²) >= 11 is 0. The molecule has 2 aliphatic rings. The number of rotatable bonds is 5. The second-order valence-corrected chi connectivity index (χ2v) is 6.59. The van der Waals surface area contributed by atoms with Crippen LogP contribution in [0.15, 0.2) is 0 Å². The molecule has 1 saturated heterocycles. The van der Waals surface area contributed by atoms with Crippen LogP contribution in [0.2, 0.25) is 0 Å². The van der Waals surface area contributed by atoms with Crippen molar-refractivity contribution in [1.29, 1.82) is 0 Å². The lowest BCUT2D eigenvalue weighted by molar-refractivity contribution is -0.150. The van der Waals surface area contributed by atoms with Gasteiger partial charge in [-0.1, -0.05) is 26.2 Å². The Morgan fingerprint density at radius 1 is 1.19 bits per heavy atom. The maximum atomic E-state index is 12.5. The van der Waals surface area contributed by atoms with Gasteiger partial charge in [0, 0.05) is 18.9 Å². The number of carbonyl (C=O) groups excluding carboxylic acids is 1. The molecule has 1 saturated carbocycles. The number of hydrogen-bond acceptors (Lipinski definition) is 3. The van der Waals surface area contributed by atoms with E-state index in [0.717, 1.165) is 31.6 Å². The van der Waals surface area contributed by atoms with Gasteiger partial charge >= 0.3 is 5.97 Å². The summed E-state index contributed by atoms with van der Waals surface area (Å²) in [6.45, 7) is 2.37. The predicted molar refractivity (Wildman–Crippen MR) is 78.7 cm³/mol. The molecule has 2 rings (SSSR count). The second-order valence-electron chi connectivity index (χ2n) is 6.59. The van der Waals surface area contributed by atoms with Crippen molar-refractivity contribution in [1.82, 2.24) is 4.90 Å². The van der Waals surface area contributed by atoms with Crippen LogP contribution >= 0.6 is 0 Å². The Hall–Kier alpha value is -1.10. The fourth-order valence-corrected chi connectivity index (χ4v) is 3.72. The zero-order chi connectivity index (χ0) is 15.4. The summed E-state index contributed by atoms with van der Waals surface area (Å²) in [6, 6.07) is -0.842.